The first-order valence-corrected chi connectivity index (χ1v) is 5.67. The van der Waals surface area contributed by atoms with Crippen molar-refractivity contribution in [3.8, 4) is 0 Å². The number of rotatable bonds is 3. The van der Waals surface area contributed by atoms with Crippen LogP contribution < -0.4 is 0 Å². The van der Waals surface area contributed by atoms with Crippen molar-refractivity contribution < 1.29 is 0 Å². The highest BCUT2D eigenvalue weighted by Crippen LogP contribution is 2.24. The lowest BCUT2D eigenvalue weighted by atomic mass is 10.2. The van der Waals surface area contributed by atoms with E-state index >= 15 is 0 Å². The Labute approximate surface area is 97.5 Å². The van der Waals surface area contributed by atoms with Crippen molar-refractivity contribution >= 4 is 32.0 Å². The molecule has 0 amide bonds. The summed E-state index contributed by atoms with van der Waals surface area (Å²) in [5.41, 5.74) is 1.90. The number of aromatic nitrogens is 2. The Morgan fingerprint density at radius 2 is 2.36 bits per heavy atom. The fourth-order valence-corrected chi connectivity index (χ4v) is 1.85. The Bertz CT molecular complexity index is 350. The second kappa shape index (κ2) is 5.47. The van der Waals surface area contributed by atoms with Crippen LogP contribution in [0.1, 0.15) is 31.0 Å². The first-order valence-electron chi connectivity index (χ1n) is 4.50. The van der Waals surface area contributed by atoms with E-state index in [1.165, 1.54) is 0 Å². The third-order valence-electron chi connectivity index (χ3n) is 1.82. The molecule has 0 unspecified atom stereocenters. The lowest BCUT2D eigenvalue weighted by Gasteiger charge is -2.03. The zero-order valence-electron chi connectivity index (χ0n) is 8.22. The maximum absolute atomic E-state index is 5.67. The zero-order valence-corrected chi connectivity index (χ0v) is 10.6. The van der Waals surface area contributed by atoms with Crippen LogP contribution in [0, 0.1) is 6.92 Å². The molecule has 1 aromatic rings. The van der Waals surface area contributed by atoms with Crippen LogP contribution in [0.4, 0.5) is 0 Å². The van der Waals surface area contributed by atoms with E-state index in [1.54, 1.807) is 6.20 Å². The molecule has 0 radical (unpaired) electrons. The van der Waals surface area contributed by atoms with Crippen LogP contribution in [0.15, 0.2) is 12.3 Å². The fraction of sp³-hybridized carbons (Fsp3) is 0.400. The number of unbranched alkanes of at least 4 members (excludes halogenated alkanes) is 1. The van der Waals surface area contributed by atoms with Crippen molar-refractivity contribution in [3.05, 3.63) is 28.8 Å². The molecule has 1 rings (SSSR count). The molecule has 0 aliphatic rings. The summed E-state index contributed by atoms with van der Waals surface area (Å²) >= 11 is 9.17. The SMILES string of the molecule is CCC/C=C(/Br)c1cnc(Cl)nc1C. The van der Waals surface area contributed by atoms with Gasteiger partial charge in [-0.2, -0.15) is 0 Å². The first kappa shape index (κ1) is 11.7. The molecule has 0 aliphatic heterocycles. The Kier molecular flexibility index (Phi) is 4.55. The number of hydrogen-bond acceptors (Lipinski definition) is 2. The minimum atomic E-state index is 0.294. The maximum atomic E-state index is 5.67. The summed E-state index contributed by atoms with van der Waals surface area (Å²) in [6, 6.07) is 0. The molecule has 0 aromatic carbocycles. The van der Waals surface area contributed by atoms with Crippen LogP contribution in [0.2, 0.25) is 5.28 Å². The predicted octanol–water partition coefficient (Wildman–Crippen LogP) is 3.97. The molecule has 0 atom stereocenters. The highest BCUT2D eigenvalue weighted by Gasteiger charge is 2.04. The third kappa shape index (κ3) is 3.07. The van der Waals surface area contributed by atoms with Crippen LogP contribution in [-0.2, 0) is 0 Å². The standard InChI is InChI=1S/C10H12BrClN2/c1-3-4-5-9(11)8-6-13-10(12)14-7(8)2/h5-6H,3-4H2,1-2H3/b9-5+. The van der Waals surface area contributed by atoms with Crippen LogP contribution in [0.5, 0.6) is 0 Å². The van der Waals surface area contributed by atoms with Gasteiger partial charge in [-0.1, -0.05) is 35.4 Å². The Morgan fingerprint density at radius 1 is 1.64 bits per heavy atom. The average molecular weight is 276 g/mol. The summed E-state index contributed by atoms with van der Waals surface area (Å²) in [5, 5.41) is 0.294. The number of aryl methyl sites for hydroxylation is 1. The van der Waals surface area contributed by atoms with Gasteiger partial charge in [-0.3, -0.25) is 0 Å². The average Bonchev–Trinajstić information content (AvgIpc) is 2.14. The second-order valence-electron chi connectivity index (χ2n) is 2.98. The van der Waals surface area contributed by atoms with Gasteiger partial charge >= 0.3 is 0 Å². The van der Waals surface area contributed by atoms with Gasteiger partial charge in [0.05, 0.1) is 5.69 Å². The van der Waals surface area contributed by atoms with E-state index in [9.17, 15) is 0 Å². The minimum absolute atomic E-state index is 0.294. The maximum Gasteiger partial charge on any atom is 0.222 e. The number of hydrogen-bond donors (Lipinski definition) is 0. The Balaban J connectivity index is 2.95. The van der Waals surface area contributed by atoms with E-state index in [0.29, 0.717) is 5.28 Å². The number of allylic oxidation sites excluding steroid dienone is 1. The number of halogens is 2. The van der Waals surface area contributed by atoms with Gasteiger partial charge in [0.25, 0.3) is 0 Å². The molecule has 0 saturated heterocycles. The summed E-state index contributed by atoms with van der Waals surface area (Å²) in [7, 11) is 0. The summed E-state index contributed by atoms with van der Waals surface area (Å²) in [6.45, 7) is 4.06. The van der Waals surface area contributed by atoms with Crippen molar-refractivity contribution in [1.82, 2.24) is 9.97 Å². The van der Waals surface area contributed by atoms with Crippen molar-refractivity contribution in [2.45, 2.75) is 26.7 Å². The van der Waals surface area contributed by atoms with Gasteiger partial charge in [0, 0.05) is 16.2 Å². The lowest BCUT2D eigenvalue weighted by molar-refractivity contribution is 0.961. The van der Waals surface area contributed by atoms with Crippen LogP contribution in [0.25, 0.3) is 4.48 Å². The van der Waals surface area contributed by atoms with Crippen molar-refractivity contribution in [1.29, 1.82) is 0 Å². The normalized spacial score (nSPS) is 11.9. The smallest absolute Gasteiger partial charge is 0.222 e. The van der Waals surface area contributed by atoms with E-state index in [-0.39, 0.29) is 0 Å². The first-order chi connectivity index (χ1) is 6.65. The Morgan fingerprint density at radius 3 is 2.93 bits per heavy atom. The Hall–Kier alpha value is -0.410. The third-order valence-corrected chi connectivity index (χ3v) is 2.75. The molecular formula is C10H12BrClN2. The van der Waals surface area contributed by atoms with E-state index in [2.05, 4.69) is 38.9 Å². The van der Waals surface area contributed by atoms with Crippen molar-refractivity contribution in [3.63, 3.8) is 0 Å². The highest BCUT2D eigenvalue weighted by atomic mass is 79.9. The topological polar surface area (TPSA) is 25.8 Å². The largest absolute Gasteiger partial charge is 0.226 e. The molecule has 0 N–H and O–H groups in total. The molecule has 0 aliphatic carbocycles. The summed E-state index contributed by atoms with van der Waals surface area (Å²) in [5.74, 6) is 0. The van der Waals surface area contributed by atoms with E-state index in [4.69, 9.17) is 11.6 Å². The predicted molar refractivity (Wildman–Crippen MR) is 63.6 cm³/mol. The van der Waals surface area contributed by atoms with E-state index < -0.39 is 0 Å². The monoisotopic (exact) mass is 274 g/mol. The molecule has 2 nitrogen and oxygen atoms in total. The van der Waals surface area contributed by atoms with Crippen molar-refractivity contribution in [2.24, 2.45) is 0 Å². The van der Waals surface area contributed by atoms with Crippen LogP contribution in [0.3, 0.4) is 0 Å². The van der Waals surface area contributed by atoms with Gasteiger partial charge in [0.1, 0.15) is 0 Å². The quantitative estimate of drug-likeness (QED) is 0.780. The van der Waals surface area contributed by atoms with Gasteiger partial charge in [0.15, 0.2) is 0 Å². The highest BCUT2D eigenvalue weighted by molar-refractivity contribution is 9.15. The molecule has 14 heavy (non-hydrogen) atoms. The van der Waals surface area contributed by atoms with E-state index in [1.807, 2.05) is 6.92 Å². The summed E-state index contributed by atoms with van der Waals surface area (Å²) in [4.78, 5) is 8.04. The minimum Gasteiger partial charge on any atom is -0.226 e. The number of nitrogens with zero attached hydrogens (tertiary/aromatic N) is 2. The molecule has 0 saturated carbocycles. The van der Waals surface area contributed by atoms with Gasteiger partial charge in [-0.25, -0.2) is 9.97 Å². The lowest BCUT2D eigenvalue weighted by Crippen LogP contribution is -1.92. The van der Waals surface area contributed by atoms with Gasteiger partial charge in [0.2, 0.25) is 5.28 Å². The summed E-state index contributed by atoms with van der Waals surface area (Å²) < 4.78 is 1.04. The van der Waals surface area contributed by atoms with Gasteiger partial charge in [-0.05, 0) is 24.9 Å². The molecule has 0 spiro atoms. The summed E-state index contributed by atoms with van der Waals surface area (Å²) in [6.07, 6.45) is 6.03. The van der Waals surface area contributed by atoms with Crippen LogP contribution in [-0.4, -0.2) is 9.97 Å². The molecule has 0 bridgehead atoms. The second-order valence-corrected chi connectivity index (χ2v) is 4.17. The molecule has 4 heteroatoms. The molecule has 1 aromatic heterocycles. The molecule has 1 heterocycles. The van der Waals surface area contributed by atoms with Gasteiger partial charge < -0.3 is 0 Å². The van der Waals surface area contributed by atoms with E-state index in [0.717, 1.165) is 28.6 Å². The van der Waals surface area contributed by atoms with Gasteiger partial charge in [-0.15, -0.1) is 0 Å². The zero-order chi connectivity index (χ0) is 10.6. The molecule has 0 fully saturated rings. The molecule has 76 valence electrons. The molecular weight excluding hydrogens is 263 g/mol. The van der Waals surface area contributed by atoms with Crippen LogP contribution >= 0.6 is 27.5 Å². The van der Waals surface area contributed by atoms with Crippen molar-refractivity contribution in [2.75, 3.05) is 0 Å². The fourth-order valence-electron chi connectivity index (χ4n) is 1.05.